The van der Waals surface area contributed by atoms with Crippen LogP contribution in [0.15, 0.2) is 42.5 Å². The lowest BCUT2D eigenvalue weighted by Gasteiger charge is -2.37. The molecule has 0 aliphatic rings. The van der Waals surface area contributed by atoms with Crippen LogP contribution < -0.4 is 5.19 Å². The van der Waals surface area contributed by atoms with Crippen molar-refractivity contribution in [2.24, 2.45) is 0 Å². The molecule has 1 aromatic carbocycles. The zero-order valence-corrected chi connectivity index (χ0v) is 13.3. The summed E-state index contributed by atoms with van der Waals surface area (Å²) in [4.78, 5) is 0. The summed E-state index contributed by atoms with van der Waals surface area (Å²) in [5, 5.41) is 11.6. The molecule has 0 fully saturated rings. The summed E-state index contributed by atoms with van der Waals surface area (Å²) >= 11 is 0. The fourth-order valence-electron chi connectivity index (χ4n) is 2.61. The Labute approximate surface area is 113 Å². The fraction of sp³-hybridized carbons (Fsp3) is 0.500. The summed E-state index contributed by atoms with van der Waals surface area (Å²) in [5.41, 5.74) is 0.959. The van der Waals surface area contributed by atoms with E-state index in [9.17, 15) is 5.11 Å². The zero-order chi connectivity index (χ0) is 14.0. The molecule has 0 aromatic heterocycles. The third kappa shape index (κ3) is 3.82. The molecule has 1 aromatic rings. The molecule has 0 heterocycles. The summed E-state index contributed by atoms with van der Waals surface area (Å²) in [6.45, 7) is 14.8. The van der Waals surface area contributed by atoms with Crippen LogP contribution in [0.5, 0.6) is 0 Å². The molecule has 100 valence electrons. The van der Waals surface area contributed by atoms with Gasteiger partial charge in [0.2, 0.25) is 0 Å². The van der Waals surface area contributed by atoms with Gasteiger partial charge in [-0.2, -0.15) is 0 Å². The first-order valence-electron chi connectivity index (χ1n) is 6.58. The van der Waals surface area contributed by atoms with Crippen LogP contribution >= 0.6 is 0 Å². The smallest absolute Gasteiger partial charge is 0.0877 e. The molecule has 0 unspecified atom stereocenters. The quantitative estimate of drug-likeness (QED) is 0.633. The molecule has 1 atom stereocenters. The van der Waals surface area contributed by atoms with Crippen LogP contribution in [-0.2, 0) is 0 Å². The second-order valence-electron chi connectivity index (χ2n) is 6.50. The van der Waals surface area contributed by atoms with E-state index in [2.05, 4.69) is 56.9 Å². The summed E-state index contributed by atoms with van der Waals surface area (Å²) in [6, 6.07) is 10.7. The van der Waals surface area contributed by atoms with Crippen LogP contribution in [0.25, 0.3) is 0 Å². The second-order valence-corrected chi connectivity index (χ2v) is 11.2. The Morgan fingerprint density at radius 1 is 1.28 bits per heavy atom. The van der Waals surface area contributed by atoms with Gasteiger partial charge in [-0.1, -0.05) is 54.2 Å². The maximum Gasteiger partial charge on any atom is 0.0877 e. The van der Waals surface area contributed by atoms with Crippen LogP contribution in [0, 0.1) is 0 Å². The molecule has 18 heavy (non-hydrogen) atoms. The highest BCUT2D eigenvalue weighted by atomic mass is 28.3. The molecule has 0 amide bonds. The van der Waals surface area contributed by atoms with Gasteiger partial charge in [0.1, 0.15) is 0 Å². The van der Waals surface area contributed by atoms with Gasteiger partial charge in [0.15, 0.2) is 0 Å². The lowest BCUT2D eigenvalue weighted by molar-refractivity contribution is 0.0710. The number of hydrogen-bond donors (Lipinski definition) is 1. The number of hydrogen-bond acceptors (Lipinski definition) is 1. The molecule has 0 spiro atoms. The average Bonchev–Trinajstić information content (AvgIpc) is 2.25. The maximum atomic E-state index is 10.1. The second kappa shape index (κ2) is 5.41. The van der Waals surface area contributed by atoms with Gasteiger partial charge in [0.25, 0.3) is 0 Å². The Balaban J connectivity index is 3.09. The monoisotopic (exact) mass is 262 g/mol. The molecule has 0 radical (unpaired) electrons. The fourth-order valence-corrected chi connectivity index (χ4v) is 6.31. The molecule has 0 bridgehead atoms. The maximum absolute atomic E-state index is 10.1. The van der Waals surface area contributed by atoms with Crippen LogP contribution in [0.3, 0.4) is 0 Å². The van der Waals surface area contributed by atoms with Crippen LogP contribution in [-0.4, -0.2) is 18.8 Å². The van der Waals surface area contributed by atoms with Crippen molar-refractivity contribution in [3.8, 4) is 0 Å². The van der Waals surface area contributed by atoms with Crippen molar-refractivity contribution in [1.82, 2.24) is 0 Å². The molecule has 1 N–H and O–H groups in total. The topological polar surface area (TPSA) is 20.2 Å². The molecule has 1 nitrogen and oxygen atoms in total. The van der Waals surface area contributed by atoms with E-state index in [0.717, 1.165) is 6.42 Å². The van der Waals surface area contributed by atoms with E-state index in [1.165, 1.54) is 10.8 Å². The predicted octanol–water partition coefficient (Wildman–Crippen LogP) is 3.71. The predicted molar refractivity (Wildman–Crippen MR) is 83.0 cm³/mol. The van der Waals surface area contributed by atoms with Crippen molar-refractivity contribution in [3.05, 3.63) is 42.5 Å². The Bertz CT molecular complexity index is 401. The van der Waals surface area contributed by atoms with Gasteiger partial charge >= 0.3 is 0 Å². The number of benzene rings is 1. The molecule has 0 aliphatic carbocycles. The minimum Gasteiger partial charge on any atom is -0.390 e. The van der Waals surface area contributed by atoms with Gasteiger partial charge in [-0.3, -0.25) is 0 Å². The standard InChI is InChI=1S/C16H26OSi/c1-13(2)15(12-16(3,4)17)18(5,6)14-10-8-7-9-11-14/h7-11,15,17H,1,12H2,2-6H3/t15-/m1/s1. The number of rotatable bonds is 5. The Kier molecular flexibility index (Phi) is 4.57. The van der Waals surface area contributed by atoms with E-state index in [1.807, 2.05) is 13.8 Å². The van der Waals surface area contributed by atoms with E-state index in [-0.39, 0.29) is 0 Å². The van der Waals surface area contributed by atoms with Crippen molar-refractivity contribution in [2.45, 2.75) is 51.4 Å². The van der Waals surface area contributed by atoms with E-state index in [4.69, 9.17) is 0 Å². The molecular formula is C16H26OSi. The Morgan fingerprint density at radius 2 is 1.78 bits per heavy atom. The van der Waals surface area contributed by atoms with Crippen LogP contribution in [0.4, 0.5) is 0 Å². The van der Waals surface area contributed by atoms with Crippen molar-refractivity contribution < 1.29 is 5.11 Å². The summed E-state index contributed by atoms with van der Waals surface area (Å²) in [5.74, 6) is 0. The van der Waals surface area contributed by atoms with E-state index in [0.29, 0.717) is 5.54 Å². The van der Waals surface area contributed by atoms with Crippen molar-refractivity contribution in [1.29, 1.82) is 0 Å². The van der Waals surface area contributed by atoms with E-state index in [1.54, 1.807) is 0 Å². The zero-order valence-electron chi connectivity index (χ0n) is 12.3. The van der Waals surface area contributed by atoms with Crippen molar-refractivity contribution in [2.75, 3.05) is 0 Å². The summed E-state index contributed by atoms with van der Waals surface area (Å²) in [6.07, 6.45) is 0.788. The van der Waals surface area contributed by atoms with Crippen molar-refractivity contribution >= 4 is 13.3 Å². The summed E-state index contributed by atoms with van der Waals surface area (Å²) in [7, 11) is -1.64. The first kappa shape index (κ1) is 15.2. The van der Waals surface area contributed by atoms with E-state index >= 15 is 0 Å². The highest BCUT2D eigenvalue weighted by Crippen LogP contribution is 2.35. The first-order chi connectivity index (χ1) is 8.14. The molecule has 0 saturated carbocycles. The van der Waals surface area contributed by atoms with Crippen molar-refractivity contribution in [3.63, 3.8) is 0 Å². The molecule has 0 saturated heterocycles. The van der Waals surface area contributed by atoms with Gasteiger partial charge in [-0.05, 0) is 32.7 Å². The third-order valence-corrected chi connectivity index (χ3v) is 7.95. The van der Waals surface area contributed by atoms with Gasteiger partial charge in [0, 0.05) is 0 Å². The molecular weight excluding hydrogens is 236 g/mol. The molecule has 0 aliphatic heterocycles. The number of aliphatic hydroxyl groups is 1. The highest BCUT2D eigenvalue weighted by Gasteiger charge is 2.36. The largest absolute Gasteiger partial charge is 0.390 e. The first-order valence-corrected chi connectivity index (χ1v) is 9.65. The average molecular weight is 262 g/mol. The lowest BCUT2D eigenvalue weighted by atomic mass is 9.99. The Hall–Kier alpha value is -0.863. The minimum absolute atomic E-state index is 0.403. The van der Waals surface area contributed by atoms with E-state index < -0.39 is 13.7 Å². The minimum atomic E-state index is -1.64. The summed E-state index contributed by atoms with van der Waals surface area (Å²) < 4.78 is 0. The van der Waals surface area contributed by atoms with Crippen LogP contribution in [0.2, 0.25) is 18.6 Å². The van der Waals surface area contributed by atoms with Gasteiger partial charge < -0.3 is 5.11 Å². The molecule has 2 heteroatoms. The lowest BCUT2D eigenvalue weighted by Crippen LogP contribution is -2.48. The third-order valence-electron chi connectivity index (χ3n) is 3.69. The Morgan fingerprint density at radius 3 is 2.17 bits per heavy atom. The van der Waals surface area contributed by atoms with Crippen LogP contribution in [0.1, 0.15) is 27.2 Å². The number of allylic oxidation sites excluding steroid dienone is 1. The van der Waals surface area contributed by atoms with Gasteiger partial charge in [-0.15, -0.1) is 6.58 Å². The van der Waals surface area contributed by atoms with Gasteiger partial charge in [0.05, 0.1) is 13.7 Å². The normalized spacial score (nSPS) is 14.3. The molecule has 1 rings (SSSR count). The highest BCUT2D eigenvalue weighted by molar-refractivity contribution is 6.91. The van der Waals surface area contributed by atoms with Gasteiger partial charge in [-0.25, -0.2) is 0 Å². The SMILES string of the molecule is C=C(C)[C@@H](CC(C)(C)O)[Si](C)(C)c1ccccc1.